The minimum atomic E-state index is -3.60. The van der Waals surface area contributed by atoms with Gasteiger partial charge in [-0.2, -0.15) is 5.26 Å². The minimum Gasteiger partial charge on any atom is -0.329 e. The molecule has 1 aliphatic carbocycles. The average Bonchev–Trinajstić information content (AvgIpc) is 2.98. The van der Waals surface area contributed by atoms with Crippen LogP contribution in [0.25, 0.3) is 0 Å². The Balaban J connectivity index is 2.21. The highest BCUT2D eigenvalue weighted by atomic mass is 32.2. The molecule has 1 aliphatic rings. The largest absolute Gasteiger partial charge is 0.329 e. The van der Waals surface area contributed by atoms with E-state index in [1.807, 2.05) is 6.07 Å². The third-order valence-corrected chi connectivity index (χ3v) is 5.65. The number of nitriles is 1. The van der Waals surface area contributed by atoms with Gasteiger partial charge in [0.25, 0.3) is 0 Å². The Hall–Kier alpha value is -1.42. The lowest BCUT2D eigenvalue weighted by Gasteiger charge is -2.23. The van der Waals surface area contributed by atoms with Crippen molar-refractivity contribution in [3.05, 3.63) is 29.3 Å². The van der Waals surface area contributed by atoms with Gasteiger partial charge in [0.1, 0.15) is 0 Å². The summed E-state index contributed by atoms with van der Waals surface area (Å²) >= 11 is 0. The molecule has 21 heavy (non-hydrogen) atoms. The van der Waals surface area contributed by atoms with Crippen molar-refractivity contribution in [3.8, 4) is 6.07 Å². The number of rotatable bonds is 5. The van der Waals surface area contributed by atoms with Crippen molar-refractivity contribution in [1.82, 2.24) is 4.72 Å². The number of hydrogen-bond acceptors (Lipinski definition) is 4. The van der Waals surface area contributed by atoms with Crippen molar-refractivity contribution in [2.75, 3.05) is 6.54 Å². The van der Waals surface area contributed by atoms with Gasteiger partial charge < -0.3 is 5.73 Å². The van der Waals surface area contributed by atoms with Gasteiger partial charge >= 0.3 is 0 Å². The van der Waals surface area contributed by atoms with Crippen LogP contribution in [-0.2, 0) is 10.0 Å². The minimum absolute atomic E-state index is 0.190. The zero-order valence-corrected chi connectivity index (χ0v) is 13.0. The molecule has 5 nitrogen and oxygen atoms in total. The zero-order valence-electron chi connectivity index (χ0n) is 12.2. The van der Waals surface area contributed by atoms with E-state index in [1.54, 1.807) is 6.92 Å². The van der Waals surface area contributed by atoms with Gasteiger partial charge in [0.2, 0.25) is 10.0 Å². The lowest BCUT2D eigenvalue weighted by molar-refractivity contribution is 0.405. The van der Waals surface area contributed by atoms with E-state index in [1.165, 1.54) is 18.2 Å². The lowest BCUT2D eigenvalue weighted by atomic mass is 9.99. The van der Waals surface area contributed by atoms with E-state index in [2.05, 4.69) is 4.72 Å². The Bertz CT molecular complexity index is 643. The van der Waals surface area contributed by atoms with E-state index < -0.39 is 10.0 Å². The average molecular weight is 307 g/mol. The summed E-state index contributed by atoms with van der Waals surface area (Å²) in [5, 5.41) is 8.91. The van der Waals surface area contributed by atoms with Gasteiger partial charge in [-0.05, 0) is 49.4 Å². The molecule has 1 aromatic carbocycles. The first-order chi connectivity index (χ1) is 9.97. The fourth-order valence-corrected chi connectivity index (χ4v) is 4.30. The quantitative estimate of drug-likeness (QED) is 0.864. The van der Waals surface area contributed by atoms with Gasteiger partial charge in [0, 0.05) is 12.6 Å². The third kappa shape index (κ3) is 3.62. The first kappa shape index (κ1) is 16.0. The topological polar surface area (TPSA) is 96.0 Å². The SMILES string of the molecule is Cc1cc(S(=O)(=O)NC(CN)C2CCCC2)ccc1C#N. The van der Waals surface area contributed by atoms with E-state index in [4.69, 9.17) is 11.0 Å². The van der Waals surface area contributed by atoms with Crippen molar-refractivity contribution >= 4 is 10.0 Å². The van der Waals surface area contributed by atoms with Crippen LogP contribution in [0.15, 0.2) is 23.1 Å². The highest BCUT2D eigenvalue weighted by Crippen LogP contribution is 2.28. The van der Waals surface area contributed by atoms with E-state index in [0.717, 1.165) is 25.7 Å². The smallest absolute Gasteiger partial charge is 0.240 e. The van der Waals surface area contributed by atoms with Crippen LogP contribution >= 0.6 is 0 Å². The highest BCUT2D eigenvalue weighted by molar-refractivity contribution is 7.89. The molecule has 1 saturated carbocycles. The Labute approximate surface area is 126 Å². The summed E-state index contributed by atoms with van der Waals surface area (Å²) < 4.78 is 27.7. The Kier molecular flexibility index (Phi) is 4.99. The summed E-state index contributed by atoms with van der Waals surface area (Å²) in [4.78, 5) is 0.190. The summed E-state index contributed by atoms with van der Waals surface area (Å²) in [5.74, 6) is 0.323. The second-order valence-corrected chi connectivity index (χ2v) is 7.31. The van der Waals surface area contributed by atoms with Gasteiger partial charge in [0.05, 0.1) is 16.5 Å². The monoisotopic (exact) mass is 307 g/mol. The number of nitrogens with two attached hydrogens (primary N) is 1. The number of sulfonamides is 1. The first-order valence-electron chi connectivity index (χ1n) is 7.21. The van der Waals surface area contributed by atoms with Gasteiger partial charge in [0.15, 0.2) is 0 Å². The fourth-order valence-electron chi connectivity index (χ4n) is 2.89. The van der Waals surface area contributed by atoms with Crippen molar-refractivity contribution in [2.45, 2.75) is 43.5 Å². The molecule has 0 radical (unpaired) electrons. The highest BCUT2D eigenvalue weighted by Gasteiger charge is 2.28. The number of aryl methyl sites for hydroxylation is 1. The van der Waals surface area contributed by atoms with Crippen molar-refractivity contribution in [2.24, 2.45) is 11.7 Å². The molecular weight excluding hydrogens is 286 g/mol. The van der Waals surface area contributed by atoms with E-state index in [0.29, 0.717) is 23.6 Å². The standard InChI is InChI=1S/C15H21N3O2S/c1-11-8-14(7-6-13(11)9-16)21(19,20)18-15(10-17)12-4-2-3-5-12/h6-8,12,15,18H,2-5,10,17H2,1H3. The first-order valence-corrected chi connectivity index (χ1v) is 8.69. The molecule has 0 aliphatic heterocycles. The molecule has 0 saturated heterocycles. The predicted octanol–water partition coefficient (Wildman–Crippen LogP) is 1.66. The maximum atomic E-state index is 12.5. The number of benzene rings is 1. The Morgan fingerprint density at radius 3 is 2.62 bits per heavy atom. The van der Waals surface area contributed by atoms with Gasteiger partial charge in [-0.3, -0.25) is 0 Å². The van der Waals surface area contributed by atoms with Crippen LogP contribution < -0.4 is 10.5 Å². The fraction of sp³-hybridized carbons (Fsp3) is 0.533. The predicted molar refractivity (Wildman–Crippen MR) is 81.0 cm³/mol. The molecule has 1 atom stereocenters. The third-order valence-electron chi connectivity index (χ3n) is 4.16. The number of nitrogens with one attached hydrogen (secondary N) is 1. The maximum absolute atomic E-state index is 12.5. The van der Waals surface area contributed by atoms with E-state index in [-0.39, 0.29) is 10.9 Å². The lowest BCUT2D eigenvalue weighted by Crippen LogP contribution is -2.44. The molecule has 0 aromatic heterocycles. The van der Waals surface area contributed by atoms with Crippen molar-refractivity contribution < 1.29 is 8.42 Å². The van der Waals surface area contributed by atoms with Crippen LogP contribution in [-0.4, -0.2) is 21.0 Å². The number of nitrogens with zero attached hydrogens (tertiary/aromatic N) is 1. The Morgan fingerprint density at radius 1 is 1.43 bits per heavy atom. The van der Waals surface area contributed by atoms with E-state index >= 15 is 0 Å². The molecule has 0 bridgehead atoms. The van der Waals surface area contributed by atoms with E-state index in [9.17, 15) is 8.42 Å². The molecule has 1 unspecified atom stereocenters. The van der Waals surface area contributed by atoms with Crippen LogP contribution in [0.3, 0.4) is 0 Å². The normalized spacial score (nSPS) is 17.6. The van der Waals surface area contributed by atoms with Gasteiger partial charge in [-0.25, -0.2) is 13.1 Å². The molecule has 6 heteroatoms. The van der Waals surface area contributed by atoms with Crippen LogP contribution in [0.5, 0.6) is 0 Å². The van der Waals surface area contributed by atoms with Crippen LogP contribution in [0.2, 0.25) is 0 Å². The summed E-state index contributed by atoms with van der Waals surface area (Å²) in [6, 6.07) is 6.36. The molecule has 0 spiro atoms. The molecule has 114 valence electrons. The maximum Gasteiger partial charge on any atom is 0.240 e. The number of hydrogen-bond donors (Lipinski definition) is 2. The molecule has 2 rings (SSSR count). The summed E-state index contributed by atoms with van der Waals surface area (Å²) in [5.41, 5.74) is 6.89. The summed E-state index contributed by atoms with van der Waals surface area (Å²) in [7, 11) is -3.60. The van der Waals surface area contributed by atoms with Gasteiger partial charge in [-0.1, -0.05) is 12.8 Å². The molecule has 0 heterocycles. The van der Waals surface area contributed by atoms with Crippen LogP contribution in [0.4, 0.5) is 0 Å². The van der Waals surface area contributed by atoms with Crippen molar-refractivity contribution in [1.29, 1.82) is 5.26 Å². The van der Waals surface area contributed by atoms with Crippen molar-refractivity contribution in [3.63, 3.8) is 0 Å². The van der Waals surface area contributed by atoms with Crippen LogP contribution in [0.1, 0.15) is 36.8 Å². The second kappa shape index (κ2) is 6.56. The summed E-state index contributed by atoms with van der Waals surface area (Å²) in [6.45, 7) is 2.04. The van der Waals surface area contributed by atoms with Crippen LogP contribution in [0, 0.1) is 24.2 Å². The Morgan fingerprint density at radius 2 is 2.10 bits per heavy atom. The molecule has 3 N–H and O–H groups in total. The second-order valence-electron chi connectivity index (χ2n) is 5.60. The summed E-state index contributed by atoms with van der Waals surface area (Å²) in [6.07, 6.45) is 4.32. The molecule has 1 fully saturated rings. The van der Waals surface area contributed by atoms with Gasteiger partial charge in [-0.15, -0.1) is 0 Å². The zero-order chi connectivity index (χ0) is 15.5. The molecular formula is C15H21N3O2S. The molecule has 0 amide bonds. The molecule has 1 aromatic rings.